The molecule has 76 valence electrons. The van der Waals surface area contributed by atoms with Crippen LogP contribution >= 0.6 is 11.8 Å². The van der Waals surface area contributed by atoms with E-state index in [4.69, 9.17) is 0 Å². The lowest BCUT2D eigenvalue weighted by atomic mass is 10.2. The summed E-state index contributed by atoms with van der Waals surface area (Å²) in [5.74, 6) is 1.22. The number of rotatable bonds is 3. The molecule has 1 rings (SSSR count). The lowest BCUT2D eigenvalue weighted by molar-refractivity contribution is 0.609. The van der Waals surface area contributed by atoms with Crippen LogP contribution in [0.5, 0.6) is 0 Å². The molecular formula is C10H20N2S. The molecule has 0 radical (unpaired) electrons. The minimum Gasteiger partial charge on any atom is -0.362 e. The van der Waals surface area contributed by atoms with E-state index >= 15 is 0 Å². The number of hydrogen-bond donors (Lipinski definition) is 1. The first-order valence-corrected chi connectivity index (χ1v) is 6.22. The maximum atomic E-state index is 4.66. The van der Waals surface area contributed by atoms with Crippen molar-refractivity contribution in [1.29, 1.82) is 0 Å². The van der Waals surface area contributed by atoms with E-state index in [1.54, 1.807) is 0 Å². The molecule has 3 heteroatoms. The highest BCUT2D eigenvalue weighted by molar-refractivity contribution is 8.13. The van der Waals surface area contributed by atoms with Crippen molar-refractivity contribution < 1.29 is 0 Å². The predicted octanol–water partition coefficient (Wildman–Crippen LogP) is 2.65. The zero-order chi connectivity index (χ0) is 9.68. The Kier molecular flexibility index (Phi) is 4.64. The quantitative estimate of drug-likeness (QED) is 0.757. The fourth-order valence-corrected chi connectivity index (χ4v) is 2.34. The Morgan fingerprint density at radius 3 is 3.00 bits per heavy atom. The van der Waals surface area contributed by atoms with Crippen LogP contribution in [0.2, 0.25) is 0 Å². The van der Waals surface area contributed by atoms with Gasteiger partial charge in [0.05, 0.1) is 6.04 Å². The van der Waals surface area contributed by atoms with Crippen LogP contribution in [0, 0.1) is 0 Å². The van der Waals surface area contributed by atoms with E-state index in [0.717, 1.165) is 11.6 Å². The van der Waals surface area contributed by atoms with Crippen molar-refractivity contribution in [2.75, 3.05) is 5.75 Å². The molecule has 0 aromatic rings. The van der Waals surface area contributed by atoms with E-state index in [1.165, 1.54) is 18.6 Å². The van der Waals surface area contributed by atoms with E-state index in [2.05, 4.69) is 31.1 Å². The normalized spacial score (nSPS) is 25.2. The van der Waals surface area contributed by atoms with Gasteiger partial charge < -0.3 is 5.32 Å². The largest absolute Gasteiger partial charge is 0.362 e. The first kappa shape index (κ1) is 10.9. The topological polar surface area (TPSA) is 24.4 Å². The standard InChI is InChI=1S/C10H20N2S/c1-4-8(3)11-10-12-9(5-2)6-7-13-10/h8-9H,4-7H2,1-3H3,(H,11,12). The fraction of sp³-hybridized carbons (Fsp3) is 0.900. The Morgan fingerprint density at radius 1 is 1.62 bits per heavy atom. The van der Waals surface area contributed by atoms with Gasteiger partial charge in [-0.15, -0.1) is 0 Å². The average molecular weight is 200 g/mol. The number of hydrogen-bond acceptors (Lipinski definition) is 3. The maximum absolute atomic E-state index is 4.66. The molecule has 1 aliphatic heterocycles. The van der Waals surface area contributed by atoms with Gasteiger partial charge in [0.1, 0.15) is 0 Å². The number of amidine groups is 1. The van der Waals surface area contributed by atoms with Crippen LogP contribution < -0.4 is 5.32 Å². The second kappa shape index (κ2) is 5.53. The molecule has 1 aliphatic rings. The average Bonchev–Trinajstić information content (AvgIpc) is 2.18. The van der Waals surface area contributed by atoms with E-state index in [0.29, 0.717) is 12.1 Å². The van der Waals surface area contributed by atoms with Crippen LogP contribution in [0.3, 0.4) is 0 Å². The minimum atomic E-state index is 0.557. The third-order valence-corrected chi connectivity index (χ3v) is 3.38. The highest BCUT2D eigenvalue weighted by Crippen LogP contribution is 2.18. The molecule has 0 saturated heterocycles. The first-order valence-electron chi connectivity index (χ1n) is 5.23. The molecule has 0 aliphatic carbocycles. The second-order valence-electron chi connectivity index (χ2n) is 3.59. The smallest absolute Gasteiger partial charge is 0.157 e. The number of thioether (sulfide) groups is 1. The summed E-state index contributed by atoms with van der Waals surface area (Å²) in [5, 5.41) is 4.61. The Hall–Kier alpha value is -0.180. The highest BCUT2D eigenvalue weighted by atomic mass is 32.2. The monoisotopic (exact) mass is 200 g/mol. The van der Waals surface area contributed by atoms with Gasteiger partial charge in [-0.05, 0) is 26.2 Å². The van der Waals surface area contributed by atoms with Gasteiger partial charge in [0.25, 0.3) is 0 Å². The molecule has 2 atom stereocenters. The molecule has 0 fully saturated rings. The van der Waals surface area contributed by atoms with Crippen LogP contribution in [-0.4, -0.2) is 23.0 Å². The lowest BCUT2D eigenvalue weighted by Crippen LogP contribution is -2.33. The SMILES string of the molecule is CCC1CCSC(NC(C)CC)=N1. The lowest BCUT2D eigenvalue weighted by Gasteiger charge is -2.21. The van der Waals surface area contributed by atoms with Crippen molar-refractivity contribution in [3.63, 3.8) is 0 Å². The van der Waals surface area contributed by atoms with Gasteiger partial charge in [0.15, 0.2) is 5.17 Å². The molecule has 0 bridgehead atoms. The van der Waals surface area contributed by atoms with Gasteiger partial charge in [0, 0.05) is 11.8 Å². The Bertz CT molecular complexity index is 180. The van der Waals surface area contributed by atoms with E-state index in [1.807, 2.05) is 11.8 Å². The number of nitrogens with zero attached hydrogens (tertiary/aromatic N) is 1. The molecule has 1 heterocycles. The van der Waals surface area contributed by atoms with Crippen molar-refractivity contribution in [1.82, 2.24) is 5.32 Å². The van der Waals surface area contributed by atoms with Gasteiger partial charge in [-0.3, -0.25) is 4.99 Å². The van der Waals surface area contributed by atoms with Crippen LogP contribution in [0.25, 0.3) is 0 Å². The number of aliphatic imine (C=N–C) groups is 1. The summed E-state index contributed by atoms with van der Waals surface area (Å²) < 4.78 is 0. The first-order chi connectivity index (χ1) is 6.26. The second-order valence-corrected chi connectivity index (χ2v) is 4.67. The zero-order valence-electron chi connectivity index (χ0n) is 8.84. The molecule has 0 spiro atoms. The summed E-state index contributed by atoms with van der Waals surface area (Å²) >= 11 is 1.86. The van der Waals surface area contributed by atoms with Crippen molar-refractivity contribution >= 4 is 16.9 Å². The summed E-state index contributed by atoms with van der Waals surface area (Å²) in [6.07, 6.45) is 3.58. The third kappa shape index (κ3) is 3.59. The van der Waals surface area contributed by atoms with E-state index in [-0.39, 0.29) is 0 Å². The van der Waals surface area contributed by atoms with Crippen LogP contribution in [0.1, 0.15) is 40.0 Å². The van der Waals surface area contributed by atoms with Gasteiger partial charge in [0.2, 0.25) is 0 Å². The minimum absolute atomic E-state index is 0.557. The summed E-state index contributed by atoms with van der Waals surface area (Å²) in [6.45, 7) is 6.62. The summed E-state index contributed by atoms with van der Waals surface area (Å²) in [4.78, 5) is 4.66. The number of nitrogens with one attached hydrogen (secondary N) is 1. The summed E-state index contributed by atoms with van der Waals surface area (Å²) in [6, 6.07) is 1.12. The summed E-state index contributed by atoms with van der Waals surface area (Å²) in [7, 11) is 0. The van der Waals surface area contributed by atoms with E-state index in [9.17, 15) is 0 Å². The molecular weight excluding hydrogens is 180 g/mol. The Labute approximate surface area is 85.6 Å². The Balaban J connectivity index is 2.43. The van der Waals surface area contributed by atoms with Crippen LogP contribution in [0.15, 0.2) is 4.99 Å². The fourth-order valence-electron chi connectivity index (χ4n) is 1.25. The van der Waals surface area contributed by atoms with Crippen molar-refractivity contribution in [3.8, 4) is 0 Å². The van der Waals surface area contributed by atoms with Gasteiger partial charge in [-0.1, -0.05) is 25.6 Å². The van der Waals surface area contributed by atoms with Gasteiger partial charge in [-0.2, -0.15) is 0 Å². The molecule has 2 unspecified atom stereocenters. The molecule has 1 N–H and O–H groups in total. The highest BCUT2D eigenvalue weighted by Gasteiger charge is 2.14. The molecule has 0 saturated carbocycles. The summed E-state index contributed by atoms with van der Waals surface area (Å²) in [5.41, 5.74) is 0. The molecule has 0 aromatic heterocycles. The van der Waals surface area contributed by atoms with Gasteiger partial charge in [-0.25, -0.2) is 0 Å². The molecule has 2 nitrogen and oxygen atoms in total. The Morgan fingerprint density at radius 2 is 2.38 bits per heavy atom. The maximum Gasteiger partial charge on any atom is 0.157 e. The van der Waals surface area contributed by atoms with Crippen LogP contribution in [-0.2, 0) is 0 Å². The predicted molar refractivity (Wildman–Crippen MR) is 61.5 cm³/mol. The van der Waals surface area contributed by atoms with Crippen LogP contribution in [0.4, 0.5) is 0 Å². The third-order valence-electron chi connectivity index (χ3n) is 2.44. The van der Waals surface area contributed by atoms with Crippen molar-refractivity contribution in [2.45, 2.75) is 52.1 Å². The molecule has 0 amide bonds. The van der Waals surface area contributed by atoms with E-state index < -0.39 is 0 Å². The zero-order valence-corrected chi connectivity index (χ0v) is 9.66. The molecule has 0 aromatic carbocycles. The van der Waals surface area contributed by atoms with Gasteiger partial charge >= 0.3 is 0 Å². The molecule has 13 heavy (non-hydrogen) atoms. The van der Waals surface area contributed by atoms with Crippen molar-refractivity contribution in [2.24, 2.45) is 4.99 Å². The van der Waals surface area contributed by atoms with Crippen molar-refractivity contribution in [3.05, 3.63) is 0 Å².